The van der Waals surface area contributed by atoms with Crippen LogP contribution in [0.15, 0.2) is 17.1 Å². The lowest BCUT2D eigenvalue weighted by atomic mass is 10.2. The van der Waals surface area contributed by atoms with Crippen LogP contribution in [-0.2, 0) is 16.0 Å². The first-order valence-corrected chi connectivity index (χ1v) is 6.04. The maximum absolute atomic E-state index is 5.61. The molecule has 0 radical (unpaired) electrons. The SMILES string of the molecule is Brc1cn(CCOC2CCCCO2)cn1. The summed E-state index contributed by atoms with van der Waals surface area (Å²) in [6.45, 7) is 2.33. The third-order valence-corrected chi connectivity index (χ3v) is 2.80. The van der Waals surface area contributed by atoms with Crippen molar-refractivity contribution >= 4 is 15.9 Å². The number of ether oxygens (including phenoxy) is 2. The Morgan fingerprint density at radius 3 is 3.20 bits per heavy atom. The summed E-state index contributed by atoms with van der Waals surface area (Å²) < 4.78 is 13.9. The summed E-state index contributed by atoms with van der Waals surface area (Å²) in [6.07, 6.45) is 7.12. The van der Waals surface area contributed by atoms with E-state index in [1.165, 1.54) is 6.42 Å². The summed E-state index contributed by atoms with van der Waals surface area (Å²) >= 11 is 3.30. The molecule has 0 N–H and O–H groups in total. The Bertz CT molecular complexity index is 297. The van der Waals surface area contributed by atoms with Crippen LogP contribution in [0.1, 0.15) is 19.3 Å². The minimum Gasteiger partial charge on any atom is -0.353 e. The minimum absolute atomic E-state index is 0.00529. The average molecular weight is 275 g/mol. The van der Waals surface area contributed by atoms with Crippen LogP contribution in [0.3, 0.4) is 0 Å². The molecule has 1 aliphatic rings. The molecule has 0 aliphatic carbocycles. The van der Waals surface area contributed by atoms with E-state index < -0.39 is 0 Å². The van der Waals surface area contributed by atoms with E-state index in [0.717, 1.165) is 30.6 Å². The zero-order valence-electron chi connectivity index (χ0n) is 8.56. The highest BCUT2D eigenvalue weighted by Crippen LogP contribution is 2.13. The van der Waals surface area contributed by atoms with Crippen molar-refractivity contribution in [1.82, 2.24) is 9.55 Å². The Hall–Kier alpha value is -0.390. The van der Waals surface area contributed by atoms with Gasteiger partial charge < -0.3 is 14.0 Å². The van der Waals surface area contributed by atoms with Crippen molar-refractivity contribution in [2.45, 2.75) is 32.1 Å². The predicted octanol–water partition coefficient (Wildman–Crippen LogP) is 2.19. The van der Waals surface area contributed by atoms with Gasteiger partial charge in [-0.05, 0) is 35.2 Å². The predicted molar refractivity (Wildman–Crippen MR) is 59.5 cm³/mol. The minimum atomic E-state index is 0.00529. The summed E-state index contributed by atoms with van der Waals surface area (Å²) in [5.41, 5.74) is 0. The first-order chi connectivity index (χ1) is 7.34. The molecule has 0 aromatic carbocycles. The van der Waals surface area contributed by atoms with Crippen LogP contribution in [0.5, 0.6) is 0 Å². The molecule has 1 aromatic heterocycles. The van der Waals surface area contributed by atoms with Gasteiger partial charge in [-0.15, -0.1) is 0 Å². The van der Waals surface area contributed by atoms with Crippen LogP contribution in [0.4, 0.5) is 0 Å². The van der Waals surface area contributed by atoms with E-state index in [1.54, 1.807) is 6.33 Å². The molecule has 1 atom stereocenters. The number of hydrogen-bond donors (Lipinski definition) is 0. The second kappa shape index (κ2) is 5.63. The van der Waals surface area contributed by atoms with E-state index >= 15 is 0 Å². The summed E-state index contributed by atoms with van der Waals surface area (Å²) in [7, 11) is 0. The molecular formula is C10H15BrN2O2. The van der Waals surface area contributed by atoms with Gasteiger partial charge in [-0.1, -0.05) is 0 Å². The largest absolute Gasteiger partial charge is 0.353 e. The number of hydrogen-bond acceptors (Lipinski definition) is 3. The first-order valence-electron chi connectivity index (χ1n) is 5.25. The molecule has 1 saturated heterocycles. The topological polar surface area (TPSA) is 36.3 Å². The fraction of sp³-hybridized carbons (Fsp3) is 0.700. The molecule has 84 valence electrons. The summed E-state index contributed by atoms with van der Waals surface area (Å²) in [4.78, 5) is 4.07. The molecule has 2 heterocycles. The summed E-state index contributed by atoms with van der Waals surface area (Å²) in [5, 5.41) is 0. The zero-order chi connectivity index (χ0) is 10.5. The molecular weight excluding hydrogens is 260 g/mol. The smallest absolute Gasteiger partial charge is 0.157 e. The number of halogens is 1. The molecule has 0 amide bonds. The maximum atomic E-state index is 5.61. The van der Waals surface area contributed by atoms with Crippen LogP contribution in [-0.4, -0.2) is 29.1 Å². The van der Waals surface area contributed by atoms with Gasteiger partial charge in [0.25, 0.3) is 0 Å². The number of nitrogens with zero attached hydrogens (tertiary/aromatic N) is 2. The van der Waals surface area contributed by atoms with E-state index in [4.69, 9.17) is 9.47 Å². The highest BCUT2D eigenvalue weighted by Gasteiger charge is 2.13. The molecule has 1 aliphatic heterocycles. The normalized spacial score (nSPS) is 21.8. The third kappa shape index (κ3) is 3.59. The molecule has 0 bridgehead atoms. The lowest BCUT2D eigenvalue weighted by Gasteiger charge is -2.22. The van der Waals surface area contributed by atoms with E-state index in [1.807, 2.05) is 10.8 Å². The van der Waals surface area contributed by atoms with Crippen molar-refractivity contribution in [3.63, 3.8) is 0 Å². The maximum Gasteiger partial charge on any atom is 0.157 e. The quantitative estimate of drug-likeness (QED) is 0.845. The Morgan fingerprint density at radius 1 is 1.60 bits per heavy atom. The van der Waals surface area contributed by atoms with Crippen LogP contribution in [0, 0.1) is 0 Å². The molecule has 1 unspecified atom stereocenters. The van der Waals surface area contributed by atoms with Crippen molar-refractivity contribution in [3.05, 3.63) is 17.1 Å². The van der Waals surface area contributed by atoms with Gasteiger partial charge >= 0.3 is 0 Å². The van der Waals surface area contributed by atoms with Crippen molar-refractivity contribution in [2.24, 2.45) is 0 Å². The highest BCUT2D eigenvalue weighted by atomic mass is 79.9. The number of imidazole rings is 1. The molecule has 5 heteroatoms. The Morgan fingerprint density at radius 2 is 2.53 bits per heavy atom. The van der Waals surface area contributed by atoms with E-state index in [0.29, 0.717) is 6.61 Å². The Kier molecular flexibility index (Phi) is 4.17. The van der Waals surface area contributed by atoms with Crippen molar-refractivity contribution < 1.29 is 9.47 Å². The summed E-state index contributed by atoms with van der Waals surface area (Å²) in [6, 6.07) is 0. The lowest BCUT2D eigenvalue weighted by Crippen LogP contribution is -2.23. The van der Waals surface area contributed by atoms with Crippen LogP contribution < -0.4 is 0 Å². The molecule has 0 saturated carbocycles. The monoisotopic (exact) mass is 274 g/mol. The van der Waals surface area contributed by atoms with Gasteiger partial charge in [0.05, 0.1) is 12.9 Å². The molecule has 4 nitrogen and oxygen atoms in total. The standard InChI is InChI=1S/C10H15BrN2O2/c11-9-7-13(8-12-9)4-6-15-10-3-1-2-5-14-10/h7-8,10H,1-6H2. The van der Waals surface area contributed by atoms with Crippen molar-refractivity contribution in [1.29, 1.82) is 0 Å². The van der Waals surface area contributed by atoms with Gasteiger partial charge in [-0.2, -0.15) is 0 Å². The van der Waals surface area contributed by atoms with Gasteiger partial charge in [-0.3, -0.25) is 0 Å². The molecule has 0 spiro atoms. The average Bonchev–Trinajstić information content (AvgIpc) is 2.66. The second-order valence-corrected chi connectivity index (χ2v) is 4.41. The zero-order valence-corrected chi connectivity index (χ0v) is 10.1. The first kappa shape index (κ1) is 11.1. The van der Waals surface area contributed by atoms with Gasteiger partial charge in [0.15, 0.2) is 6.29 Å². The van der Waals surface area contributed by atoms with Crippen molar-refractivity contribution in [2.75, 3.05) is 13.2 Å². The van der Waals surface area contributed by atoms with E-state index in [2.05, 4.69) is 20.9 Å². The Balaban J connectivity index is 1.65. The second-order valence-electron chi connectivity index (χ2n) is 3.60. The lowest BCUT2D eigenvalue weighted by molar-refractivity contribution is -0.163. The molecule has 1 fully saturated rings. The molecule has 2 rings (SSSR count). The molecule has 1 aromatic rings. The van der Waals surface area contributed by atoms with Crippen LogP contribution in [0.25, 0.3) is 0 Å². The van der Waals surface area contributed by atoms with Crippen molar-refractivity contribution in [3.8, 4) is 0 Å². The number of aromatic nitrogens is 2. The highest BCUT2D eigenvalue weighted by molar-refractivity contribution is 9.10. The van der Waals surface area contributed by atoms with Gasteiger partial charge in [0.1, 0.15) is 4.60 Å². The fourth-order valence-electron chi connectivity index (χ4n) is 1.59. The third-order valence-electron chi connectivity index (χ3n) is 2.39. The molecule has 15 heavy (non-hydrogen) atoms. The fourth-order valence-corrected chi connectivity index (χ4v) is 1.94. The summed E-state index contributed by atoms with van der Waals surface area (Å²) in [5.74, 6) is 0. The van der Waals surface area contributed by atoms with Gasteiger partial charge in [0.2, 0.25) is 0 Å². The Labute approximate surface area is 97.7 Å². The van der Waals surface area contributed by atoms with E-state index in [9.17, 15) is 0 Å². The number of rotatable bonds is 4. The van der Waals surface area contributed by atoms with Gasteiger partial charge in [-0.25, -0.2) is 4.98 Å². The van der Waals surface area contributed by atoms with E-state index in [-0.39, 0.29) is 6.29 Å². The van der Waals surface area contributed by atoms with Crippen LogP contribution >= 0.6 is 15.9 Å². The van der Waals surface area contributed by atoms with Crippen LogP contribution in [0.2, 0.25) is 0 Å². The van der Waals surface area contributed by atoms with Gasteiger partial charge in [0, 0.05) is 19.3 Å².